The Morgan fingerprint density at radius 3 is 2.29 bits per heavy atom. The number of hydrogen-bond donors (Lipinski definition) is 1. The van der Waals surface area contributed by atoms with Crippen molar-refractivity contribution in [1.29, 1.82) is 0 Å². The third kappa shape index (κ3) is 4.85. The first-order chi connectivity index (χ1) is 14.9. The van der Waals surface area contributed by atoms with E-state index in [1.165, 1.54) is 23.5 Å². The molecule has 3 aromatic rings. The standard InChI is InChI=1S/C25H25FN2O2S/c1-16-3-5-19(6-4-16)25(30)28-13-11-21(12-14-28)27-24(29)22-15-17(2)23(31-22)18-7-9-20(26)10-8-18/h3-10,15,21H,11-14H2,1-2H3,(H,27,29). The van der Waals surface area contributed by atoms with Crippen LogP contribution in [0, 0.1) is 19.7 Å². The normalized spacial score (nSPS) is 14.5. The molecular formula is C25H25FN2O2S. The van der Waals surface area contributed by atoms with E-state index in [-0.39, 0.29) is 23.7 Å². The van der Waals surface area contributed by atoms with Crippen molar-refractivity contribution in [3.05, 3.63) is 82.0 Å². The number of hydrogen-bond acceptors (Lipinski definition) is 3. The number of nitrogens with zero attached hydrogens (tertiary/aromatic N) is 1. The quantitative estimate of drug-likeness (QED) is 0.611. The van der Waals surface area contributed by atoms with Crippen LogP contribution in [0.15, 0.2) is 54.6 Å². The number of carbonyl (C=O) groups is 2. The van der Waals surface area contributed by atoms with Crippen molar-refractivity contribution in [1.82, 2.24) is 10.2 Å². The van der Waals surface area contributed by atoms with E-state index in [0.29, 0.717) is 23.5 Å². The molecule has 0 bridgehead atoms. The molecule has 1 N–H and O–H groups in total. The maximum atomic E-state index is 13.2. The number of thiophene rings is 1. The maximum Gasteiger partial charge on any atom is 0.261 e. The zero-order valence-corrected chi connectivity index (χ0v) is 18.5. The Kier molecular flexibility index (Phi) is 6.18. The smallest absolute Gasteiger partial charge is 0.261 e. The van der Waals surface area contributed by atoms with Gasteiger partial charge in [-0.3, -0.25) is 9.59 Å². The largest absolute Gasteiger partial charge is 0.348 e. The predicted molar refractivity (Wildman–Crippen MR) is 122 cm³/mol. The second kappa shape index (κ2) is 9.02. The summed E-state index contributed by atoms with van der Waals surface area (Å²) in [5.41, 5.74) is 3.74. The Morgan fingerprint density at radius 1 is 1.00 bits per heavy atom. The lowest BCUT2D eigenvalue weighted by molar-refractivity contribution is 0.0698. The highest BCUT2D eigenvalue weighted by atomic mass is 32.1. The van der Waals surface area contributed by atoms with Gasteiger partial charge in [0.25, 0.3) is 11.8 Å². The molecule has 2 amide bonds. The van der Waals surface area contributed by atoms with Crippen LogP contribution in [0.5, 0.6) is 0 Å². The molecular weight excluding hydrogens is 411 g/mol. The zero-order valence-electron chi connectivity index (χ0n) is 17.7. The number of aryl methyl sites for hydroxylation is 2. The molecule has 0 aliphatic carbocycles. The van der Waals surface area contributed by atoms with Crippen LogP contribution in [0.25, 0.3) is 10.4 Å². The van der Waals surface area contributed by atoms with Crippen molar-refractivity contribution in [2.75, 3.05) is 13.1 Å². The van der Waals surface area contributed by atoms with Crippen LogP contribution in [0.3, 0.4) is 0 Å². The highest BCUT2D eigenvalue weighted by Crippen LogP contribution is 2.32. The number of rotatable bonds is 4. The van der Waals surface area contributed by atoms with Crippen LogP contribution in [0.4, 0.5) is 4.39 Å². The van der Waals surface area contributed by atoms with Crippen molar-refractivity contribution >= 4 is 23.2 Å². The van der Waals surface area contributed by atoms with E-state index in [2.05, 4.69) is 5.32 Å². The second-order valence-electron chi connectivity index (χ2n) is 8.04. The first-order valence-electron chi connectivity index (χ1n) is 10.4. The average Bonchev–Trinajstić information content (AvgIpc) is 3.17. The number of amides is 2. The van der Waals surface area contributed by atoms with Crippen LogP contribution in [-0.2, 0) is 0 Å². The fourth-order valence-electron chi connectivity index (χ4n) is 3.84. The fraction of sp³-hybridized carbons (Fsp3) is 0.280. The van der Waals surface area contributed by atoms with Gasteiger partial charge in [-0.05, 0) is 68.1 Å². The van der Waals surface area contributed by atoms with E-state index >= 15 is 0 Å². The van der Waals surface area contributed by atoms with E-state index in [0.717, 1.165) is 34.4 Å². The monoisotopic (exact) mass is 436 g/mol. The minimum Gasteiger partial charge on any atom is -0.348 e. The van der Waals surface area contributed by atoms with Gasteiger partial charge in [-0.1, -0.05) is 29.8 Å². The molecule has 1 aliphatic rings. The van der Waals surface area contributed by atoms with Gasteiger partial charge < -0.3 is 10.2 Å². The lowest BCUT2D eigenvalue weighted by Crippen LogP contribution is -2.46. The summed E-state index contributed by atoms with van der Waals surface area (Å²) in [6.45, 7) is 5.21. The second-order valence-corrected chi connectivity index (χ2v) is 9.09. The summed E-state index contributed by atoms with van der Waals surface area (Å²) in [6.07, 6.45) is 1.47. The molecule has 0 saturated carbocycles. The van der Waals surface area contributed by atoms with Gasteiger partial charge in [-0.15, -0.1) is 11.3 Å². The number of halogens is 1. The van der Waals surface area contributed by atoms with Crippen LogP contribution in [-0.4, -0.2) is 35.8 Å². The van der Waals surface area contributed by atoms with Crippen LogP contribution in [0.1, 0.15) is 44.0 Å². The predicted octanol–water partition coefficient (Wildman–Crippen LogP) is 5.21. The van der Waals surface area contributed by atoms with Gasteiger partial charge in [0, 0.05) is 29.6 Å². The molecule has 160 valence electrons. The summed E-state index contributed by atoms with van der Waals surface area (Å²) < 4.78 is 13.2. The molecule has 1 saturated heterocycles. The minimum absolute atomic E-state index is 0.0441. The highest BCUT2D eigenvalue weighted by molar-refractivity contribution is 7.17. The molecule has 0 unspecified atom stereocenters. The molecule has 2 heterocycles. The molecule has 0 radical (unpaired) electrons. The van der Waals surface area contributed by atoms with Crippen molar-refractivity contribution in [3.63, 3.8) is 0 Å². The van der Waals surface area contributed by atoms with Gasteiger partial charge in [0.05, 0.1) is 4.88 Å². The summed E-state index contributed by atoms with van der Waals surface area (Å²) >= 11 is 1.42. The molecule has 1 aliphatic heterocycles. The first kappa shape index (κ1) is 21.2. The molecule has 0 spiro atoms. The average molecular weight is 437 g/mol. The van der Waals surface area contributed by atoms with E-state index in [4.69, 9.17) is 0 Å². The number of likely N-dealkylation sites (tertiary alicyclic amines) is 1. The summed E-state index contributed by atoms with van der Waals surface area (Å²) in [4.78, 5) is 28.9. The van der Waals surface area contributed by atoms with Gasteiger partial charge in [0.15, 0.2) is 0 Å². The third-order valence-electron chi connectivity index (χ3n) is 5.66. The van der Waals surface area contributed by atoms with E-state index in [1.54, 1.807) is 12.1 Å². The lowest BCUT2D eigenvalue weighted by Gasteiger charge is -2.32. The molecule has 4 nitrogen and oxygen atoms in total. The van der Waals surface area contributed by atoms with Crippen LogP contribution in [0.2, 0.25) is 0 Å². The van der Waals surface area contributed by atoms with Crippen LogP contribution >= 0.6 is 11.3 Å². The van der Waals surface area contributed by atoms with Gasteiger partial charge in [0.1, 0.15) is 5.82 Å². The van der Waals surface area contributed by atoms with E-state index in [1.807, 2.05) is 49.1 Å². The number of benzene rings is 2. The van der Waals surface area contributed by atoms with Gasteiger partial charge in [0.2, 0.25) is 0 Å². The van der Waals surface area contributed by atoms with Crippen molar-refractivity contribution in [2.24, 2.45) is 0 Å². The summed E-state index contributed by atoms with van der Waals surface area (Å²) in [7, 11) is 0. The topological polar surface area (TPSA) is 49.4 Å². The number of nitrogens with one attached hydrogen (secondary N) is 1. The maximum absolute atomic E-state index is 13.2. The summed E-state index contributed by atoms with van der Waals surface area (Å²) in [5, 5.41) is 3.12. The third-order valence-corrected chi connectivity index (χ3v) is 6.95. The Balaban J connectivity index is 1.35. The van der Waals surface area contributed by atoms with Crippen molar-refractivity contribution in [3.8, 4) is 10.4 Å². The molecule has 1 fully saturated rings. The van der Waals surface area contributed by atoms with E-state index in [9.17, 15) is 14.0 Å². The Hall–Kier alpha value is -2.99. The Labute approximate surface area is 185 Å². The SMILES string of the molecule is Cc1ccc(C(=O)N2CCC(NC(=O)c3cc(C)c(-c4ccc(F)cc4)s3)CC2)cc1. The summed E-state index contributed by atoms with van der Waals surface area (Å²) in [5.74, 6) is -0.324. The van der Waals surface area contributed by atoms with Gasteiger partial charge in [-0.2, -0.15) is 0 Å². The van der Waals surface area contributed by atoms with Crippen molar-refractivity contribution in [2.45, 2.75) is 32.7 Å². The van der Waals surface area contributed by atoms with Gasteiger partial charge in [-0.25, -0.2) is 4.39 Å². The fourth-order valence-corrected chi connectivity index (χ4v) is 4.93. The van der Waals surface area contributed by atoms with Crippen LogP contribution < -0.4 is 5.32 Å². The first-order valence-corrected chi connectivity index (χ1v) is 11.3. The molecule has 6 heteroatoms. The molecule has 1 aromatic heterocycles. The highest BCUT2D eigenvalue weighted by Gasteiger charge is 2.25. The number of carbonyl (C=O) groups excluding carboxylic acids is 2. The zero-order chi connectivity index (χ0) is 22.0. The lowest BCUT2D eigenvalue weighted by atomic mass is 10.0. The Morgan fingerprint density at radius 2 is 1.65 bits per heavy atom. The molecule has 0 atom stereocenters. The number of piperidine rings is 1. The van der Waals surface area contributed by atoms with Crippen molar-refractivity contribution < 1.29 is 14.0 Å². The molecule has 31 heavy (non-hydrogen) atoms. The Bertz CT molecular complexity index is 1080. The van der Waals surface area contributed by atoms with E-state index < -0.39 is 0 Å². The minimum atomic E-state index is -0.275. The molecule has 2 aromatic carbocycles. The summed E-state index contributed by atoms with van der Waals surface area (Å²) in [6, 6.07) is 15.9. The van der Waals surface area contributed by atoms with Gasteiger partial charge >= 0.3 is 0 Å². The molecule has 4 rings (SSSR count).